The van der Waals surface area contributed by atoms with E-state index in [4.69, 9.17) is 4.42 Å². The fraction of sp³-hybridized carbons (Fsp3) is 0.333. The number of rotatable bonds is 3. The number of amides is 2. The third kappa shape index (κ3) is 3.41. The highest BCUT2D eigenvalue weighted by molar-refractivity contribution is 9.11. The summed E-state index contributed by atoms with van der Waals surface area (Å²) in [6.45, 7) is 1.25. The van der Waals surface area contributed by atoms with Crippen LogP contribution in [0.15, 0.2) is 38.0 Å². The van der Waals surface area contributed by atoms with E-state index in [9.17, 15) is 9.59 Å². The lowest BCUT2D eigenvalue weighted by atomic mass is 10.0. The van der Waals surface area contributed by atoms with Crippen LogP contribution in [0.5, 0.6) is 0 Å². The van der Waals surface area contributed by atoms with Gasteiger partial charge >= 0.3 is 0 Å². The number of hydrogen-bond donors (Lipinski definition) is 1. The highest BCUT2D eigenvalue weighted by atomic mass is 79.9. The maximum atomic E-state index is 12.2. The molecular weight excluding hydrogens is 368 g/mol. The summed E-state index contributed by atoms with van der Waals surface area (Å²) in [5, 5.41) is 4.86. The third-order valence-corrected chi connectivity index (χ3v) is 5.18. The molecule has 2 aromatic heterocycles. The highest BCUT2D eigenvalue weighted by Crippen LogP contribution is 2.21. The van der Waals surface area contributed by atoms with Crippen LogP contribution >= 0.6 is 27.3 Å². The van der Waals surface area contributed by atoms with Crippen molar-refractivity contribution in [2.75, 3.05) is 13.1 Å². The molecule has 0 radical (unpaired) electrons. The summed E-state index contributed by atoms with van der Waals surface area (Å²) < 4.78 is 6.08. The van der Waals surface area contributed by atoms with Crippen molar-refractivity contribution in [2.24, 2.45) is 0 Å². The molecule has 116 valence electrons. The van der Waals surface area contributed by atoms with Crippen molar-refractivity contribution in [2.45, 2.75) is 18.9 Å². The van der Waals surface area contributed by atoms with Gasteiger partial charge in [0.1, 0.15) is 0 Å². The molecule has 0 spiro atoms. The van der Waals surface area contributed by atoms with Gasteiger partial charge < -0.3 is 14.6 Å². The molecule has 2 aromatic rings. The number of thiophene rings is 1. The topological polar surface area (TPSA) is 62.6 Å². The van der Waals surface area contributed by atoms with Crippen LogP contribution in [0.25, 0.3) is 0 Å². The van der Waals surface area contributed by atoms with E-state index in [0.717, 1.165) is 16.6 Å². The lowest BCUT2D eigenvalue weighted by Gasteiger charge is -2.31. The number of nitrogens with zero attached hydrogens (tertiary/aromatic N) is 1. The molecule has 1 saturated heterocycles. The predicted octanol–water partition coefficient (Wildman–Crippen LogP) is 3.14. The van der Waals surface area contributed by atoms with Crippen LogP contribution in [-0.4, -0.2) is 35.8 Å². The van der Waals surface area contributed by atoms with Gasteiger partial charge in [0, 0.05) is 24.5 Å². The monoisotopic (exact) mass is 382 g/mol. The van der Waals surface area contributed by atoms with E-state index in [0.29, 0.717) is 24.4 Å². The van der Waals surface area contributed by atoms with Gasteiger partial charge in [-0.15, -0.1) is 11.3 Å². The van der Waals surface area contributed by atoms with E-state index in [-0.39, 0.29) is 17.9 Å². The van der Waals surface area contributed by atoms with Crippen LogP contribution in [0.4, 0.5) is 0 Å². The number of likely N-dealkylation sites (tertiary alicyclic amines) is 1. The summed E-state index contributed by atoms with van der Waals surface area (Å²) in [7, 11) is 0. The Morgan fingerprint density at radius 2 is 2.14 bits per heavy atom. The second kappa shape index (κ2) is 6.66. The molecule has 0 unspecified atom stereocenters. The molecule has 7 heteroatoms. The molecule has 1 fully saturated rings. The Morgan fingerprint density at radius 1 is 1.36 bits per heavy atom. The average Bonchev–Trinajstić information content (AvgIpc) is 3.18. The SMILES string of the molecule is O=C(NC1CCN(C(=O)c2ccco2)CC1)c1csc(Br)c1. The predicted molar refractivity (Wildman–Crippen MR) is 87.1 cm³/mol. The zero-order chi connectivity index (χ0) is 15.5. The van der Waals surface area contributed by atoms with Crippen molar-refractivity contribution in [3.63, 3.8) is 0 Å². The molecule has 3 heterocycles. The number of piperidine rings is 1. The normalized spacial score (nSPS) is 15.8. The zero-order valence-corrected chi connectivity index (χ0v) is 14.2. The molecule has 3 rings (SSSR count). The molecule has 0 bridgehead atoms. The van der Waals surface area contributed by atoms with E-state index < -0.39 is 0 Å². The van der Waals surface area contributed by atoms with Crippen molar-refractivity contribution >= 4 is 39.1 Å². The first kappa shape index (κ1) is 15.3. The van der Waals surface area contributed by atoms with E-state index >= 15 is 0 Å². The van der Waals surface area contributed by atoms with E-state index in [1.165, 1.54) is 17.6 Å². The summed E-state index contributed by atoms with van der Waals surface area (Å²) in [5.74, 6) is 0.222. The smallest absolute Gasteiger partial charge is 0.289 e. The van der Waals surface area contributed by atoms with Gasteiger partial charge in [0.25, 0.3) is 11.8 Å². The molecule has 1 N–H and O–H groups in total. The average molecular weight is 383 g/mol. The van der Waals surface area contributed by atoms with Crippen molar-refractivity contribution in [3.8, 4) is 0 Å². The van der Waals surface area contributed by atoms with Crippen molar-refractivity contribution < 1.29 is 14.0 Å². The summed E-state index contributed by atoms with van der Waals surface area (Å²) in [4.78, 5) is 26.0. The minimum absolute atomic E-state index is 0.0576. The first-order valence-corrected chi connectivity index (χ1v) is 8.68. The van der Waals surface area contributed by atoms with Crippen molar-refractivity contribution in [1.82, 2.24) is 10.2 Å². The molecule has 2 amide bonds. The lowest BCUT2D eigenvalue weighted by Crippen LogP contribution is -2.46. The van der Waals surface area contributed by atoms with Crippen molar-refractivity contribution in [1.29, 1.82) is 0 Å². The first-order chi connectivity index (χ1) is 10.6. The van der Waals surface area contributed by atoms with Crippen molar-refractivity contribution in [3.05, 3.63) is 45.0 Å². The Labute approximate surface area is 140 Å². The molecular formula is C15H15BrN2O3S. The minimum Gasteiger partial charge on any atom is -0.459 e. The van der Waals surface area contributed by atoms with Gasteiger partial charge in [-0.2, -0.15) is 0 Å². The second-order valence-electron chi connectivity index (χ2n) is 5.16. The van der Waals surface area contributed by atoms with Gasteiger partial charge in [0.2, 0.25) is 0 Å². The summed E-state index contributed by atoms with van der Waals surface area (Å²) in [6.07, 6.45) is 3.01. The zero-order valence-electron chi connectivity index (χ0n) is 11.8. The van der Waals surface area contributed by atoms with Crippen LogP contribution in [0, 0.1) is 0 Å². The Hall–Kier alpha value is -1.60. The van der Waals surface area contributed by atoms with Crippen LogP contribution in [-0.2, 0) is 0 Å². The maximum Gasteiger partial charge on any atom is 0.289 e. The highest BCUT2D eigenvalue weighted by Gasteiger charge is 2.26. The van der Waals surface area contributed by atoms with Crippen LogP contribution in [0.2, 0.25) is 0 Å². The van der Waals surface area contributed by atoms with E-state index in [1.807, 2.05) is 11.4 Å². The van der Waals surface area contributed by atoms with Gasteiger partial charge in [-0.1, -0.05) is 0 Å². The van der Waals surface area contributed by atoms with E-state index in [1.54, 1.807) is 17.0 Å². The number of carbonyl (C=O) groups excluding carboxylic acids is 2. The molecule has 5 nitrogen and oxygen atoms in total. The lowest BCUT2D eigenvalue weighted by molar-refractivity contribution is 0.0667. The molecule has 0 aliphatic carbocycles. The van der Waals surface area contributed by atoms with E-state index in [2.05, 4.69) is 21.2 Å². The number of carbonyl (C=O) groups is 2. The van der Waals surface area contributed by atoms with Gasteiger partial charge in [-0.05, 0) is 47.0 Å². The fourth-order valence-corrected chi connectivity index (χ4v) is 3.62. The molecule has 1 aliphatic rings. The van der Waals surface area contributed by atoms with Gasteiger partial charge in [-0.3, -0.25) is 9.59 Å². The fourth-order valence-electron chi connectivity index (χ4n) is 2.48. The van der Waals surface area contributed by atoms with Gasteiger partial charge in [0.15, 0.2) is 5.76 Å². The summed E-state index contributed by atoms with van der Waals surface area (Å²) in [6, 6.07) is 5.30. The Kier molecular flexibility index (Phi) is 4.63. The summed E-state index contributed by atoms with van der Waals surface area (Å²) in [5.41, 5.74) is 0.672. The van der Waals surface area contributed by atoms with Crippen LogP contribution < -0.4 is 5.32 Å². The Balaban J connectivity index is 1.51. The number of halogens is 1. The van der Waals surface area contributed by atoms with Gasteiger partial charge in [-0.25, -0.2) is 0 Å². The van der Waals surface area contributed by atoms with Crippen LogP contribution in [0.1, 0.15) is 33.8 Å². The molecule has 1 aliphatic heterocycles. The minimum atomic E-state index is -0.0865. The molecule has 0 saturated carbocycles. The molecule has 0 atom stereocenters. The second-order valence-corrected chi connectivity index (χ2v) is 7.45. The van der Waals surface area contributed by atoms with Crippen LogP contribution in [0.3, 0.4) is 0 Å². The largest absolute Gasteiger partial charge is 0.459 e. The third-order valence-electron chi connectivity index (χ3n) is 3.68. The maximum absolute atomic E-state index is 12.2. The number of hydrogen-bond acceptors (Lipinski definition) is 4. The number of furan rings is 1. The molecule has 22 heavy (non-hydrogen) atoms. The Bertz CT molecular complexity index is 660. The molecule has 0 aromatic carbocycles. The Morgan fingerprint density at radius 3 is 2.73 bits per heavy atom. The summed E-state index contributed by atoms with van der Waals surface area (Å²) >= 11 is 4.84. The van der Waals surface area contributed by atoms with Gasteiger partial charge in [0.05, 0.1) is 15.6 Å². The quantitative estimate of drug-likeness (QED) is 0.886. The first-order valence-electron chi connectivity index (χ1n) is 7.01. The standard InChI is InChI=1S/C15H15BrN2O3S/c16-13-8-10(9-22-13)14(19)17-11-3-5-18(6-4-11)15(20)12-2-1-7-21-12/h1-2,7-9,11H,3-6H2,(H,17,19). The number of nitrogens with one attached hydrogen (secondary N) is 1.